The monoisotopic (exact) mass is 366 g/mol. The molecule has 0 fully saturated rings. The molecule has 0 saturated carbocycles. The molecule has 0 heterocycles. The Kier molecular flexibility index (Phi) is 8.19. The normalized spacial score (nSPS) is 13.9. The van der Waals surface area contributed by atoms with Gasteiger partial charge in [0.2, 0.25) is 17.7 Å². The van der Waals surface area contributed by atoms with E-state index in [9.17, 15) is 29.4 Å². The van der Waals surface area contributed by atoms with Crippen molar-refractivity contribution >= 4 is 23.7 Å². The third-order valence-electron chi connectivity index (χ3n) is 3.47. The lowest BCUT2D eigenvalue weighted by atomic mass is 10.1. The Morgan fingerprint density at radius 1 is 1.00 bits per heavy atom. The number of benzene rings is 1. The number of hydrogen-bond acceptors (Lipinski definition) is 6. The summed E-state index contributed by atoms with van der Waals surface area (Å²) in [5.74, 6) is -3.83. The lowest BCUT2D eigenvalue weighted by molar-refractivity contribution is -0.142. The van der Waals surface area contributed by atoms with Crippen LogP contribution in [0.1, 0.15) is 12.0 Å². The maximum absolute atomic E-state index is 12.2. The summed E-state index contributed by atoms with van der Waals surface area (Å²) >= 11 is 0. The summed E-state index contributed by atoms with van der Waals surface area (Å²) in [6, 6.07) is 4.68. The number of carboxylic acid groups (broad SMARTS) is 1. The van der Waals surface area contributed by atoms with Gasteiger partial charge in [0.05, 0.1) is 19.1 Å². The summed E-state index contributed by atoms with van der Waals surface area (Å²) in [6.07, 6.45) is -0.410. The summed E-state index contributed by atoms with van der Waals surface area (Å²) < 4.78 is 0. The highest BCUT2D eigenvalue weighted by Gasteiger charge is 2.28. The maximum Gasteiger partial charge on any atom is 0.326 e. The van der Waals surface area contributed by atoms with Crippen molar-refractivity contribution in [1.29, 1.82) is 0 Å². The minimum absolute atomic E-state index is 0.0230. The van der Waals surface area contributed by atoms with Crippen molar-refractivity contribution in [1.82, 2.24) is 10.6 Å². The van der Waals surface area contributed by atoms with Crippen LogP contribution in [0.25, 0.3) is 0 Å². The second-order valence-electron chi connectivity index (χ2n) is 5.61. The van der Waals surface area contributed by atoms with Crippen molar-refractivity contribution in [3.63, 3.8) is 0 Å². The minimum Gasteiger partial charge on any atom is -0.480 e. The number of aliphatic hydroxyl groups excluding tert-OH is 1. The van der Waals surface area contributed by atoms with Crippen molar-refractivity contribution in [2.24, 2.45) is 11.5 Å². The first-order valence-corrected chi connectivity index (χ1v) is 7.76. The Hall–Kier alpha value is -2.98. The standard InChI is InChI=1S/C16H22N4O6/c17-10(7-13(18)22)14(23)20-12(8-21)15(24)19-11(16(25)26)6-9-4-2-1-3-5-9/h1-5,10-12,21H,6-8,17H2,(H2,18,22)(H,19,24)(H,20,23)(H,25,26). The molecule has 0 spiro atoms. The minimum atomic E-state index is -1.42. The predicted octanol–water partition coefficient (Wildman–Crippen LogP) is -2.52. The average Bonchev–Trinajstić information content (AvgIpc) is 2.58. The summed E-state index contributed by atoms with van der Waals surface area (Å²) in [5, 5.41) is 23.0. The van der Waals surface area contributed by atoms with Gasteiger partial charge >= 0.3 is 5.97 Å². The molecule has 142 valence electrons. The van der Waals surface area contributed by atoms with Crippen LogP contribution in [0.4, 0.5) is 0 Å². The van der Waals surface area contributed by atoms with Gasteiger partial charge in [-0.15, -0.1) is 0 Å². The van der Waals surface area contributed by atoms with Crippen LogP contribution in [-0.4, -0.2) is 58.6 Å². The first-order chi connectivity index (χ1) is 12.2. The number of carboxylic acids is 1. The second kappa shape index (κ2) is 10.1. The molecular weight excluding hydrogens is 344 g/mol. The molecule has 0 radical (unpaired) electrons. The van der Waals surface area contributed by atoms with Gasteiger partial charge in [-0.3, -0.25) is 14.4 Å². The van der Waals surface area contributed by atoms with Crippen molar-refractivity contribution in [2.45, 2.75) is 31.0 Å². The molecule has 0 aliphatic rings. The van der Waals surface area contributed by atoms with Crippen LogP contribution in [0.15, 0.2) is 30.3 Å². The molecular formula is C16H22N4O6. The van der Waals surface area contributed by atoms with Gasteiger partial charge in [0.15, 0.2) is 0 Å². The Labute approximate surface area is 149 Å². The molecule has 1 rings (SSSR count). The van der Waals surface area contributed by atoms with Gasteiger partial charge in [-0.05, 0) is 5.56 Å². The van der Waals surface area contributed by atoms with E-state index in [0.717, 1.165) is 0 Å². The summed E-state index contributed by atoms with van der Waals surface area (Å²) in [4.78, 5) is 46.1. The molecule has 1 aromatic rings. The number of nitrogens with two attached hydrogens (primary N) is 2. The topological polar surface area (TPSA) is 185 Å². The molecule has 0 saturated heterocycles. The number of carbonyl (C=O) groups excluding carboxylic acids is 3. The SMILES string of the molecule is NC(=O)CC(N)C(=O)NC(CO)C(=O)NC(Cc1ccccc1)C(=O)O. The highest BCUT2D eigenvalue weighted by molar-refractivity contribution is 5.93. The highest BCUT2D eigenvalue weighted by Crippen LogP contribution is 2.04. The molecule has 3 atom stereocenters. The molecule has 8 N–H and O–H groups in total. The van der Waals surface area contributed by atoms with E-state index in [1.807, 2.05) is 0 Å². The Morgan fingerprint density at radius 3 is 2.08 bits per heavy atom. The number of rotatable bonds is 10. The van der Waals surface area contributed by atoms with Crippen LogP contribution in [-0.2, 0) is 25.6 Å². The summed E-state index contributed by atoms with van der Waals surface area (Å²) in [6.45, 7) is -0.779. The van der Waals surface area contributed by atoms with E-state index in [0.29, 0.717) is 5.56 Å². The third-order valence-corrected chi connectivity index (χ3v) is 3.47. The van der Waals surface area contributed by atoms with Crippen LogP contribution >= 0.6 is 0 Å². The van der Waals surface area contributed by atoms with Gasteiger partial charge < -0.3 is 32.3 Å². The Balaban J connectivity index is 2.71. The molecule has 0 bridgehead atoms. The number of amides is 3. The zero-order chi connectivity index (χ0) is 19.7. The van der Waals surface area contributed by atoms with Gasteiger partial charge in [0.1, 0.15) is 12.1 Å². The number of nitrogens with one attached hydrogen (secondary N) is 2. The number of carbonyl (C=O) groups is 4. The van der Waals surface area contributed by atoms with Gasteiger partial charge in [-0.1, -0.05) is 30.3 Å². The second-order valence-corrected chi connectivity index (χ2v) is 5.61. The van der Waals surface area contributed by atoms with Crippen molar-refractivity contribution in [2.75, 3.05) is 6.61 Å². The van der Waals surface area contributed by atoms with E-state index < -0.39 is 54.8 Å². The molecule has 10 heteroatoms. The van der Waals surface area contributed by atoms with Crippen LogP contribution in [0.3, 0.4) is 0 Å². The van der Waals surface area contributed by atoms with E-state index in [1.165, 1.54) is 0 Å². The smallest absolute Gasteiger partial charge is 0.326 e. The maximum atomic E-state index is 12.2. The van der Waals surface area contributed by atoms with Gasteiger partial charge in [0.25, 0.3) is 0 Å². The summed E-state index contributed by atoms with van der Waals surface area (Å²) in [7, 11) is 0. The Morgan fingerprint density at radius 2 is 1.58 bits per heavy atom. The van der Waals surface area contributed by atoms with Gasteiger partial charge in [-0.2, -0.15) is 0 Å². The Bertz CT molecular complexity index is 651. The highest BCUT2D eigenvalue weighted by atomic mass is 16.4. The van der Waals surface area contributed by atoms with Gasteiger partial charge in [0, 0.05) is 6.42 Å². The average molecular weight is 366 g/mol. The van der Waals surface area contributed by atoms with E-state index >= 15 is 0 Å². The first kappa shape index (κ1) is 21.1. The zero-order valence-electron chi connectivity index (χ0n) is 13.9. The van der Waals surface area contributed by atoms with Crippen LogP contribution < -0.4 is 22.1 Å². The van der Waals surface area contributed by atoms with Gasteiger partial charge in [-0.25, -0.2) is 4.79 Å². The van der Waals surface area contributed by atoms with Crippen LogP contribution in [0.5, 0.6) is 0 Å². The molecule has 3 unspecified atom stereocenters. The molecule has 26 heavy (non-hydrogen) atoms. The van der Waals surface area contributed by atoms with Crippen LogP contribution in [0.2, 0.25) is 0 Å². The predicted molar refractivity (Wildman–Crippen MR) is 90.5 cm³/mol. The first-order valence-electron chi connectivity index (χ1n) is 7.76. The van der Waals surface area contributed by atoms with Crippen molar-refractivity contribution < 1.29 is 29.4 Å². The number of primary amides is 1. The van der Waals surface area contributed by atoms with E-state index in [4.69, 9.17) is 11.5 Å². The molecule has 0 aliphatic carbocycles. The van der Waals surface area contributed by atoms with E-state index in [1.54, 1.807) is 30.3 Å². The lowest BCUT2D eigenvalue weighted by Gasteiger charge is -2.21. The molecule has 3 amide bonds. The fourth-order valence-electron chi connectivity index (χ4n) is 2.10. The van der Waals surface area contributed by atoms with Crippen molar-refractivity contribution in [3.8, 4) is 0 Å². The lowest BCUT2D eigenvalue weighted by Crippen LogP contribution is -2.56. The zero-order valence-corrected chi connectivity index (χ0v) is 13.9. The number of hydrogen-bond donors (Lipinski definition) is 6. The van der Waals surface area contributed by atoms with E-state index in [2.05, 4.69) is 10.6 Å². The molecule has 1 aromatic carbocycles. The molecule has 0 aromatic heterocycles. The fraction of sp³-hybridized carbons (Fsp3) is 0.375. The quantitative estimate of drug-likeness (QED) is 0.264. The molecule has 10 nitrogen and oxygen atoms in total. The van der Waals surface area contributed by atoms with Crippen molar-refractivity contribution in [3.05, 3.63) is 35.9 Å². The number of aliphatic carboxylic acids is 1. The van der Waals surface area contributed by atoms with E-state index in [-0.39, 0.29) is 6.42 Å². The molecule has 0 aliphatic heterocycles. The largest absolute Gasteiger partial charge is 0.480 e. The fourth-order valence-corrected chi connectivity index (χ4v) is 2.10. The number of aliphatic hydroxyl groups is 1. The summed E-state index contributed by atoms with van der Waals surface area (Å²) in [5.41, 5.74) is 11.1. The third kappa shape index (κ3) is 6.87. The van der Waals surface area contributed by atoms with Crippen LogP contribution in [0, 0.1) is 0 Å².